The minimum Gasteiger partial charge on any atom is -0.353 e. The predicted molar refractivity (Wildman–Crippen MR) is 68.7 cm³/mol. The smallest absolute Gasteiger partial charge is 0.240 e. The monoisotopic (exact) mass is 239 g/mol. The van der Waals surface area contributed by atoms with Crippen molar-refractivity contribution in [2.24, 2.45) is 5.73 Å². The first kappa shape index (κ1) is 12.8. The molecule has 0 aromatic carbocycles. The van der Waals surface area contributed by atoms with Gasteiger partial charge in [0.1, 0.15) is 0 Å². The third-order valence-corrected chi connectivity index (χ3v) is 4.37. The summed E-state index contributed by atoms with van der Waals surface area (Å²) in [6.07, 6.45) is 7.52. The van der Waals surface area contributed by atoms with Gasteiger partial charge in [0.25, 0.3) is 0 Å². The van der Waals surface area contributed by atoms with Crippen LogP contribution in [0.25, 0.3) is 0 Å². The van der Waals surface area contributed by atoms with Crippen LogP contribution in [0.3, 0.4) is 0 Å². The fourth-order valence-corrected chi connectivity index (χ4v) is 3.03. The number of carbonyl (C=O) groups excluding carboxylic acids is 1. The number of nitrogens with zero attached hydrogens (tertiary/aromatic N) is 1. The largest absolute Gasteiger partial charge is 0.353 e. The van der Waals surface area contributed by atoms with E-state index in [0.717, 1.165) is 38.8 Å². The molecule has 0 aromatic rings. The maximum Gasteiger partial charge on any atom is 0.240 e. The Hall–Kier alpha value is -0.610. The van der Waals surface area contributed by atoms with Gasteiger partial charge in [-0.05, 0) is 39.3 Å². The molecule has 1 saturated carbocycles. The molecule has 1 atom stereocenters. The summed E-state index contributed by atoms with van der Waals surface area (Å²) in [4.78, 5) is 14.5. The zero-order valence-electron chi connectivity index (χ0n) is 10.9. The van der Waals surface area contributed by atoms with Crippen LogP contribution in [0.2, 0.25) is 0 Å². The molecule has 2 fully saturated rings. The molecular weight excluding hydrogens is 214 g/mol. The maximum absolute atomic E-state index is 12.1. The van der Waals surface area contributed by atoms with E-state index in [9.17, 15) is 4.79 Å². The SMILES string of the molecule is CN1CCCC1CNC(=O)C1(N)CCCCC1. The molecule has 4 nitrogen and oxygen atoms in total. The Labute approximate surface area is 104 Å². The van der Waals surface area contributed by atoms with Crippen LogP contribution in [0.15, 0.2) is 0 Å². The lowest BCUT2D eigenvalue weighted by Gasteiger charge is -2.32. The topological polar surface area (TPSA) is 58.4 Å². The average molecular weight is 239 g/mol. The Morgan fingerprint density at radius 2 is 2.06 bits per heavy atom. The number of likely N-dealkylation sites (N-methyl/N-ethyl adjacent to an activating group) is 1. The quantitative estimate of drug-likeness (QED) is 0.768. The summed E-state index contributed by atoms with van der Waals surface area (Å²) in [5.41, 5.74) is 5.61. The van der Waals surface area contributed by atoms with Gasteiger partial charge >= 0.3 is 0 Å². The summed E-state index contributed by atoms with van der Waals surface area (Å²) in [5, 5.41) is 3.06. The van der Waals surface area contributed by atoms with Crippen molar-refractivity contribution in [3.05, 3.63) is 0 Å². The van der Waals surface area contributed by atoms with Gasteiger partial charge in [-0.25, -0.2) is 0 Å². The molecule has 1 aliphatic heterocycles. The molecular formula is C13H25N3O. The van der Waals surface area contributed by atoms with Gasteiger partial charge in [-0.1, -0.05) is 19.3 Å². The van der Waals surface area contributed by atoms with Crippen molar-refractivity contribution in [3.8, 4) is 0 Å². The zero-order valence-corrected chi connectivity index (χ0v) is 10.9. The second-order valence-corrected chi connectivity index (χ2v) is 5.70. The maximum atomic E-state index is 12.1. The van der Waals surface area contributed by atoms with Gasteiger partial charge in [0.2, 0.25) is 5.91 Å². The normalized spacial score (nSPS) is 29.2. The molecule has 1 unspecified atom stereocenters. The van der Waals surface area contributed by atoms with E-state index in [1.54, 1.807) is 0 Å². The molecule has 2 aliphatic rings. The number of rotatable bonds is 3. The Balaban J connectivity index is 1.80. The Bertz CT molecular complexity index is 274. The summed E-state index contributed by atoms with van der Waals surface area (Å²) in [5.74, 6) is 0.0671. The third kappa shape index (κ3) is 2.99. The molecule has 4 heteroatoms. The summed E-state index contributed by atoms with van der Waals surface area (Å²) in [6, 6.07) is 0.506. The number of carbonyl (C=O) groups is 1. The van der Waals surface area contributed by atoms with E-state index in [1.807, 2.05) is 0 Å². The Morgan fingerprint density at radius 3 is 2.65 bits per heavy atom. The molecule has 0 spiro atoms. The fourth-order valence-electron chi connectivity index (χ4n) is 3.03. The van der Waals surface area contributed by atoms with Crippen molar-refractivity contribution in [3.63, 3.8) is 0 Å². The second-order valence-electron chi connectivity index (χ2n) is 5.70. The van der Waals surface area contributed by atoms with Gasteiger partial charge < -0.3 is 16.0 Å². The molecule has 1 heterocycles. The van der Waals surface area contributed by atoms with Crippen LogP contribution in [-0.4, -0.2) is 42.5 Å². The molecule has 98 valence electrons. The lowest BCUT2D eigenvalue weighted by molar-refractivity contribution is -0.127. The summed E-state index contributed by atoms with van der Waals surface area (Å²) in [6.45, 7) is 1.91. The van der Waals surface area contributed by atoms with E-state index in [2.05, 4.69) is 17.3 Å². The van der Waals surface area contributed by atoms with Crippen molar-refractivity contribution < 1.29 is 4.79 Å². The first-order valence-electron chi connectivity index (χ1n) is 6.89. The average Bonchev–Trinajstić information content (AvgIpc) is 2.73. The van der Waals surface area contributed by atoms with E-state index >= 15 is 0 Å². The standard InChI is InChI=1S/C13H25N3O/c1-16-9-5-6-11(16)10-15-12(17)13(14)7-3-2-4-8-13/h11H,2-10,14H2,1H3,(H,15,17). The highest BCUT2D eigenvalue weighted by Crippen LogP contribution is 2.26. The molecule has 1 aliphatic carbocycles. The minimum absolute atomic E-state index is 0.0671. The predicted octanol–water partition coefficient (Wildman–Crippen LogP) is 0.858. The Morgan fingerprint density at radius 1 is 1.35 bits per heavy atom. The first-order valence-corrected chi connectivity index (χ1v) is 6.89. The minimum atomic E-state index is -0.588. The van der Waals surface area contributed by atoms with Crippen molar-refractivity contribution in [2.45, 2.75) is 56.5 Å². The van der Waals surface area contributed by atoms with Crippen LogP contribution in [0.4, 0.5) is 0 Å². The molecule has 1 saturated heterocycles. The fraction of sp³-hybridized carbons (Fsp3) is 0.923. The van der Waals surface area contributed by atoms with Crippen molar-refractivity contribution in [1.29, 1.82) is 0 Å². The molecule has 3 N–H and O–H groups in total. The van der Waals surface area contributed by atoms with E-state index < -0.39 is 5.54 Å². The van der Waals surface area contributed by atoms with Gasteiger partial charge in [-0.2, -0.15) is 0 Å². The van der Waals surface area contributed by atoms with Gasteiger partial charge in [0, 0.05) is 12.6 Å². The van der Waals surface area contributed by atoms with Crippen LogP contribution < -0.4 is 11.1 Å². The van der Waals surface area contributed by atoms with Crippen molar-refractivity contribution in [1.82, 2.24) is 10.2 Å². The van der Waals surface area contributed by atoms with Gasteiger partial charge in [0.15, 0.2) is 0 Å². The number of nitrogens with two attached hydrogens (primary N) is 1. The third-order valence-electron chi connectivity index (χ3n) is 4.37. The van der Waals surface area contributed by atoms with Crippen LogP contribution in [0.1, 0.15) is 44.9 Å². The number of likely N-dealkylation sites (tertiary alicyclic amines) is 1. The van der Waals surface area contributed by atoms with Gasteiger partial charge in [-0.15, -0.1) is 0 Å². The van der Waals surface area contributed by atoms with E-state index in [1.165, 1.54) is 19.3 Å². The molecule has 0 aromatic heterocycles. The first-order chi connectivity index (χ1) is 8.12. The van der Waals surface area contributed by atoms with E-state index in [0.29, 0.717) is 6.04 Å². The van der Waals surface area contributed by atoms with Gasteiger partial charge in [-0.3, -0.25) is 4.79 Å². The zero-order chi connectivity index (χ0) is 12.3. The number of hydrogen-bond acceptors (Lipinski definition) is 3. The molecule has 2 rings (SSSR count). The summed E-state index contributed by atoms with van der Waals surface area (Å²) in [7, 11) is 2.13. The van der Waals surface area contributed by atoms with Crippen LogP contribution in [0, 0.1) is 0 Å². The number of amides is 1. The highest BCUT2D eigenvalue weighted by atomic mass is 16.2. The highest BCUT2D eigenvalue weighted by Gasteiger charge is 2.35. The molecule has 17 heavy (non-hydrogen) atoms. The summed E-state index contributed by atoms with van der Waals surface area (Å²) < 4.78 is 0. The van der Waals surface area contributed by atoms with Crippen molar-refractivity contribution >= 4 is 5.91 Å². The van der Waals surface area contributed by atoms with E-state index in [-0.39, 0.29) is 5.91 Å². The lowest BCUT2D eigenvalue weighted by Crippen LogP contribution is -2.56. The van der Waals surface area contributed by atoms with Gasteiger partial charge in [0.05, 0.1) is 5.54 Å². The number of hydrogen-bond donors (Lipinski definition) is 2. The molecule has 0 bridgehead atoms. The second kappa shape index (κ2) is 5.36. The van der Waals surface area contributed by atoms with E-state index in [4.69, 9.17) is 5.73 Å². The molecule has 1 amide bonds. The summed E-state index contributed by atoms with van der Waals surface area (Å²) >= 11 is 0. The van der Waals surface area contributed by atoms with Crippen LogP contribution in [-0.2, 0) is 4.79 Å². The Kier molecular flexibility index (Phi) is 4.05. The highest BCUT2D eigenvalue weighted by molar-refractivity contribution is 5.86. The van der Waals surface area contributed by atoms with Crippen LogP contribution >= 0.6 is 0 Å². The van der Waals surface area contributed by atoms with Crippen LogP contribution in [0.5, 0.6) is 0 Å². The van der Waals surface area contributed by atoms with Crippen molar-refractivity contribution in [2.75, 3.05) is 20.1 Å². The number of nitrogens with one attached hydrogen (secondary N) is 1. The molecule has 0 radical (unpaired) electrons. The lowest BCUT2D eigenvalue weighted by atomic mass is 9.82.